The van der Waals surface area contributed by atoms with Crippen LogP contribution in [-0.4, -0.2) is 4.98 Å². The van der Waals surface area contributed by atoms with Crippen molar-refractivity contribution in [2.75, 3.05) is 5.73 Å². The van der Waals surface area contributed by atoms with Crippen molar-refractivity contribution in [3.05, 3.63) is 22.3 Å². The van der Waals surface area contributed by atoms with Crippen LogP contribution in [0.4, 0.5) is 14.6 Å². The standard InChI is InChI=1S/C7H6Cl2F2N2/c8-2-3-1-4(6(10)11)7(12)13-5(3)9/h1,6H,2H2,(H2,12,13). The van der Waals surface area contributed by atoms with Gasteiger partial charge in [-0.2, -0.15) is 0 Å². The summed E-state index contributed by atoms with van der Waals surface area (Å²) in [6.07, 6.45) is -2.66. The predicted molar refractivity (Wildman–Crippen MR) is 48.2 cm³/mol. The Morgan fingerprint density at radius 1 is 1.54 bits per heavy atom. The van der Waals surface area contributed by atoms with Crippen molar-refractivity contribution >= 4 is 29.0 Å². The zero-order valence-corrected chi connectivity index (χ0v) is 7.91. The Balaban J connectivity index is 3.22. The van der Waals surface area contributed by atoms with Gasteiger partial charge >= 0.3 is 0 Å². The van der Waals surface area contributed by atoms with Crippen molar-refractivity contribution in [1.29, 1.82) is 0 Å². The van der Waals surface area contributed by atoms with Gasteiger partial charge in [-0.15, -0.1) is 11.6 Å². The minimum Gasteiger partial charge on any atom is -0.383 e. The number of nitrogens with two attached hydrogens (primary N) is 1. The summed E-state index contributed by atoms with van der Waals surface area (Å²) in [6, 6.07) is 1.17. The van der Waals surface area contributed by atoms with E-state index in [4.69, 9.17) is 28.9 Å². The molecule has 6 heteroatoms. The molecular formula is C7H6Cl2F2N2. The number of hydrogen-bond acceptors (Lipinski definition) is 2. The van der Waals surface area contributed by atoms with Crippen LogP contribution in [0.3, 0.4) is 0 Å². The normalized spacial score (nSPS) is 10.8. The molecule has 0 bridgehead atoms. The predicted octanol–water partition coefficient (Wildman–Crippen LogP) is 2.99. The molecule has 1 rings (SSSR count). The first-order valence-electron chi connectivity index (χ1n) is 3.35. The fourth-order valence-electron chi connectivity index (χ4n) is 0.832. The largest absolute Gasteiger partial charge is 0.383 e. The van der Waals surface area contributed by atoms with Crippen LogP contribution in [0.1, 0.15) is 17.6 Å². The maximum absolute atomic E-state index is 12.3. The van der Waals surface area contributed by atoms with Crippen LogP contribution >= 0.6 is 23.2 Å². The number of hydrogen-bond donors (Lipinski definition) is 1. The second kappa shape index (κ2) is 4.07. The first kappa shape index (κ1) is 10.5. The Kier molecular flexibility index (Phi) is 3.27. The number of nitrogen functional groups attached to an aromatic ring is 1. The lowest BCUT2D eigenvalue weighted by Crippen LogP contribution is -2.00. The van der Waals surface area contributed by atoms with Crippen molar-refractivity contribution in [3.63, 3.8) is 0 Å². The molecule has 0 aromatic carbocycles. The molecule has 0 aliphatic carbocycles. The maximum Gasteiger partial charge on any atom is 0.267 e. The Labute approximate surface area is 83.7 Å². The lowest BCUT2D eigenvalue weighted by atomic mass is 10.2. The van der Waals surface area contributed by atoms with Gasteiger partial charge in [0.15, 0.2) is 0 Å². The fraction of sp³-hybridized carbons (Fsp3) is 0.286. The van der Waals surface area contributed by atoms with Gasteiger partial charge in [0.2, 0.25) is 0 Å². The van der Waals surface area contributed by atoms with E-state index in [2.05, 4.69) is 4.98 Å². The minimum absolute atomic E-state index is 0.0336. The van der Waals surface area contributed by atoms with Crippen molar-refractivity contribution < 1.29 is 8.78 Å². The van der Waals surface area contributed by atoms with E-state index in [9.17, 15) is 8.78 Å². The number of halogens is 4. The average Bonchev–Trinajstić information content (AvgIpc) is 2.03. The third-order valence-corrected chi connectivity index (χ3v) is 2.10. The monoisotopic (exact) mass is 226 g/mol. The molecule has 2 N–H and O–H groups in total. The number of anilines is 1. The van der Waals surface area contributed by atoms with Crippen molar-refractivity contribution in [3.8, 4) is 0 Å². The summed E-state index contributed by atoms with van der Waals surface area (Å²) in [4.78, 5) is 3.54. The Bertz CT molecular complexity index is 318. The lowest BCUT2D eigenvalue weighted by molar-refractivity contribution is 0.152. The van der Waals surface area contributed by atoms with Crippen LogP contribution in [0.5, 0.6) is 0 Å². The topological polar surface area (TPSA) is 38.9 Å². The highest BCUT2D eigenvalue weighted by atomic mass is 35.5. The summed E-state index contributed by atoms with van der Waals surface area (Å²) in [5.74, 6) is -0.222. The molecule has 1 aromatic rings. The molecule has 0 saturated carbocycles. The molecule has 2 nitrogen and oxygen atoms in total. The van der Waals surface area contributed by atoms with Crippen LogP contribution in [0.25, 0.3) is 0 Å². The third kappa shape index (κ3) is 2.19. The van der Waals surface area contributed by atoms with E-state index in [1.54, 1.807) is 0 Å². The Hall–Kier alpha value is -0.610. The molecule has 0 saturated heterocycles. The second-order valence-electron chi connectivity index (χ2n) is 2.35. The average molecular weight is 227 g/mol. The lowest BCUT2D eigenvalue weighted by Gasteiger charge is -2.06. The molecule has 0 aliphatic heterocycles. The molecule has 0 amide bonds. The summed E-state index contributed by atoms with van der Waals surface area (Å²) < 4.78 is 24.5. The molecule has 0 spiro atoms. The van der Waals surface area contributed by atoms with Gasteiger partial charge < -0.3 is 5.73 Å². The molecule has 0 atom stereocenters. The van der Waals surface area contributed by atoms with E-state index in [0.717, 1.165) is 0 Å². The Morgan fingerprint density at radius 3 is 2.62 bits per heavy atom. The zero-order chi connectivity index (χ0) is 10.0. The number of rotatable bonds is 2. The molecule has 0 aliphatic rings. The highest BCUT2D eigenvalue weighted by Gasteiger charge is 2.15. The first-order valence-corrected chi connectivity index (χ1v) is 4.26. The van der Waals surface area contributed by atoms with Gasteiger partial charge in [-0.3, -0.25) is 0 Å². The molecule has 1 aromatic heterocycles. The molecule has 1 heterocycles. The molecule has 0 unspecified atom stereocenters. The Morgan fingerprint density at radius 2 is 2.15 bits per heavy atom. The van der Waals surface area contributed by atoms with Crippen LogP contribution in [0.2, 0.25) is 5.15 Å². The van der Waals surface area contributed by atoms with E-state index in [-0.39, 0.29) is 22.4 Å². The summed E-state index contributed by atoms with van der Waals surface area (Å²) in [5.41, 5.74) is 5.25. The number of pyridine rings is 1. The van der Waals surface area contributed by atoms with E-state index in [1.807, 2.05) is 0 Å². The quantitative estimate of drug-likeness (QED) is 0.622. The van der Waals surface area contributed by atoms with Crippen LogP contribution in [0, 0.1) is 0 Å². The van der Waals surface area contributed by atoms with Gasteiger partial charge in [0, 0.05) is 5.56 Å². The highest BCUT2D eigenvalue weighted by Crippen LogP contribution is 2.28. The zero-order valence-electron chi connectivity index (χ0n) is 6.40. The fourth-order valence-corrected chi connectivity index (χ4v) is 1.32. The SMILES string of the molecule is Nc1nc(Cl)c(CCl)cc1C(F)F. The van der Waals surface area contributed by atoms with Gasteiger partial charge in [-0.05, 0) is 6.07 Å². The van der Waals surface area contributed by atoms with Crippen LogP contribution < -0.4 is 5.73 Å². The van der Waals surface area contributed by atoms with Crippen molar-refractivity contribution in [2.24, 2.45) is 0 Å². The van der Waals surface area contributed by atoms with Crippen LogP contribution in [0.15, 0.2) is 6.07 Å². The number of aromatic nitrogens is 1. The van der Waals surface area contributed by atoms with Crippen molar-refractivity contribution in [2.45, 2.75) is 12.3 Å². The van der Waals surface area contributed by atoms with Gasteiger partial charge in [-0.1, -0.05) is 11.6 Å². The maximum atomic E-state index is 12.3. The van der Waals surface area contributed by atoms with E-state index >= 15 is 0 Å². The summed E-state index contributed by atoms with van der Waals surface area (Å²) in [6.45, 7) is 0. The minimum atomic E-state index is -2.66. The summed E-state index contributed by atoms with van der Waals surface area (Å²) >= 11 is 11.0. The highest BCUT2D eigenvalue weighted by molar-refractivity contribution is 6.31. The molecule has 0 radical (unpaired) electrons. The molecule has 13 heavy (non-hydrogen) atoms. The van der Waals surface area contributed by atoms with Gasteiger partial charge in [-0.25, -0.2) is 13.8 Å². The molecular weight excluding hydrogens is 221 g/mol. The number of nitrogens with zero attached hydrogens (tertiary/aromatic N) is 1. The van der Waals surface area contributed by atoms with E-state index in [1.165, 1.54) is 6.07 Å². The first-order chi connectivity index (χ1) is 6.06. The number of alkyl halides is 3. The second-order valence-corrected chi connectivity index (χ2v) is 2.97. The van der Waals surface area contributed by atoms with Gasteiger partial charge in [0.25, 0.3) is 6.43 Å². The van der Waals surface area contributed by atoms with Gasteiger partial charge in [0.1, 0.15) is 11.0 Å². The molecule has 72 valence electrons. The van der Waals surface area contributed by atoms with Gasteiger partial charge in [0.05, 0.1) is 11.4 Å². The van der Waals surface area contributed by atoms with E-state index < -0.39 is 6.43 Å². The van der Waals surface area contributed by atoms with Crippen LogP contribution in [-0.2, 0) is 5.88 Å². The smallest absolute Gasteiger partial charge is 0.267 e. The van der Waals surface area contributed by atoms with Crippen molar-refractivity contribution in [1.82, 2.24) is 4.98 Å². The summed E-state index contributed by atoms with van der Waals surface area (Å²) in [7, 11) is 0. The molecule has 0 fully saturated rings. The summed E-state index contributed by atoms with van der Waals surface area (Å²) in [5, 5.41) is 0.0666. The van der Waals surface area contributed by atoms with E-state index in [0.29, 0.717) is 5.56 Å². The third-order valence-electron chi connectivity index (χ3n) is 1.49.